The molecule has 13 nitrogen and oxygen atoms in total. The predicted octanol–water partition coefficient (Wildman–Crippen LogP) is -2.83. The molecule has 182 valence electrons. The lowest BCUT2D eigenvalue weighted by atomic mass is 10.1. The number of hydrogen-bond donors (Lipinski definition) is 7. The average Bonchev–Trinajstić information content (AvgIpc) is 3.23. The van der Waals surface area contributed by atoms with Gasteiger partial charge in [0, 0.05) is 13.1 Å². The predicted molar refractivity (Wildman–Crippen MR) is 118 cm³/mol. The van der Waals surface area contributed by atoms with Crippen molar-refractivity contribution in [1.29, 1.82) is 0 Å². The standard InChI is InChI=1S/C19H36N8O5/c20-8-2-1-5-12(21)16(29)25-11-15(28)27-10-4-7-14(27)17(30)26-13(18(31)32)6-3-9-24-19(22)23/h12-14H,1-11,20-21H2,(H,25,29)(H,26,30)(H,31,32)(H4,22,23,24)/t12-,13-,14-/m0/s1. The third-order valence-electron chi connectivity index (χ3n) is 5.16. The van der Waals surface area contributed by atoms with Gasteiger partial charge in [-0.1, -0.05) is 6.42 Å². The Labute approximate surface area is 187 Å². The fourth-order valence-corrected chi connectivity index (χ4v) is 3.40. The number of aliphatic imine (C=N–C) groups is 1. The van der Waals surface area contributed by atoms with Gasteiger partial charge in [0.2, 0.25) is 17.7 Å². The molecular formula is C19H36N8O5. The van der Waals surface area contributed by atoms with Gasteiger partial charge in [0.15, 0.2) is 5.96 Å². The van der Waals surface area contributed by atoms with Gasteiger partial charge >= 0.3 is 5.97 Å². The van der Waals surface area contributed by atoms with Gasteiger partial charge in [0.1, 0.15) is 12.1 Å². The number of likely N-dealkylation sites (tertiary alicyclic amines) is 1. The lowest BCUT2D eigenvalue weighted by molar-refractivity contribution is -0.144. The Morgan fingerprint density at radius 1 is 1.12 bits per heavy atom. The summed E-state index contributed by atoms with van der Waals surface area (Å²) in [7, 11) is 0. The zero-order valence-corrected chi connectivity index (χ0v) is 18.3. The molecule has 0 aromatic heterocycles. The highest BCUT2D eigenvalue weighted by atomic mass is 16.4. The second-order valence-electron chi connectivity index (χ2n) is 7.70. The number of unbranched alkanes of at least 4 members (excludes halogenated alkanes) is 1. The van der Waals surface area contributed by atoms with Crippen LogP contribution < -0.4 is 33.6 Å². The fourth-order valence-electron chi connectivity index (χ4n) is 3.40. The summed E-state index contributed by atoms with van der Waals surface area (Å²) in [6.45, 7) is 0.819. The number of carbonyl (C=O) groups excluding carboxylic acids is 3. The largest absolute Gasteiger partial charge is 0.480 e. The van der Waals surface area contributed by atoms with Gasteiger partial charge < -0.3 is 43.6 Å². The van der Waals surface area contributed by atoms with E-state index in [1.165, 1.54) is 4.90 Å². The Balaban J connectivity index is 2.56. The number of guanidine groups is 1. The Hall–Kier alpha value is -2.93. The molecule has 3 amide bonds. The molecule has 0 radical (unpaired) electrons. The highest BCUT2D eigenvalue weighted by Gasteiger charge is 2.35. The van der Waals surface area contributed by atoms with Crippen molar-refractivity contribution in [1.82, 2.24) is 15.5 Å². The van der Waals surface area contributed by atoms with E-state index in [1.807, 2.05) is 0 Å². The van der Waals surface area contributed by atoms with E-state index in [2.05, 4.69) is 15.6 Å². The number of carboxylic acid groups (broad SMARTS) is 1. The van der Waals surface area contributed by atoms with Gasteiger partial charge in [-0.2, -0.15) is 0 Å². The topological polar surface area (TPSA) is 232 Å². The number of nitrogens with one attached hydrogen (secondary N) is 2. The first kappa shape index (κ1) is 27.1. The molecule has 1 aliphatic heterocycles. The summed E-state index contributed by atoms with van der Waals surface area (Å²) in [6.07, 6.45) is 3.44. The highest BCUT2D eigenvalue weighted by molar-refractivity contribution is 5.93. The van der Waals surface area contributed by atoms with Crippen molar-refractivity contribution in [3.8, 4) is 0 Å². The van der Waals surface area contributed by atoms with Crippen LogP contribution in [0.5, 0.6) is 0 Å². The third-order valence-corrected chi connectivity index (χ3v) is 5.16. The van der Waals surface area contributed by atoms with E-state index in [4.69, 9.17) is 22.9 Å². The van der Waals surface area contributed by atoms with Crippen LogP contribution in [0.15, 0.2) is 4.99 Å². The van der Waals surface area contributed by atoms with Crippen molar-refractivity contribution >= 4 is 29.7 Å². The summed E-state index contributed by atoms with van der Waals surface area (Å²) in [5.74, 6) is -2.69. The molecule has 0 aliphatic carbocycles. The number of aliphatic carboxylic acids is 1. The summed E-state index contributed by atoms with van der Waals surface area (Å²) >= 11 is 0. The molecule has 0 spiro atoms. The monoisotopic (exact) mass is 456 g/mol. The molecule has 1 fully saturated rings. The molecule has 1 heterocycles. The molecule has 32 heavy (non-hydrogen) atoms. The minimum atomic E-state index is -1.19. The number of hydrogen-bond acceptors (Lipinski definition) is 7. The Morgan fingerprint density at radius 3 is 2.47 bits per heavy atom. The van der Waals surface area contributed by atoms with Crippen LogP contribution in [0.25, 0.3) is 0 Å². The Bertz CT molecular complexity index is 683. The van der Waals surface area contributed by atoms with Crippen LogP contribution in [0.2, 0.25) is 0 Å². The first-order chi connectivity index (χ1) is 15.2. The molecule has 3 atom stereocenters. The minimum absolute atomic E-state index is 0.0929. The molecule has 13 heteroatoms. The summed E-state index contributed by atoms with van der Waals surface area (Å²) in [4.78, 5) is 53.9. The smallest absolute Gasteiger partial charge is 0.326 e. The van der Waals surface area contributed by atoms with E-state index in [1.54, 1.807) is 0 Å². The number of rotatable bonds is 14. The number of carbonyl (C=O) groups is 4. The molecule has 11 N–H and O–H groups in total. The van der Waals surface area contributed by atoms with Crippen LogP contribution in [0.4, 0.5) is 0 Å². The van der Waals surface area contributed by atoms with Crippen LogP contribution in [0.1, 0.15) is 44.9 Å². The van der Waals surface area contributed by atoms with E-state index in [0.717, 1.165) is 6.42 Å². The molecule has 0 bridgehead atoms. The molecular weight excluding hydrogens is 420 g/mol. The lowest BCUT2D eigenvalue weighted by Gasteiger charge is -2.26. The van der Waals surface area contributed by atoms with Gasteiger partial charge in [-0.25, -0.2) is 4.79 Å². The van der Waals surface area contributed by atoms with Crippen LogP contribution in [0, 0.1) is 0 Å². The van der Waals surface area contributed by atoms with Gasteiger partial charge in [-0.15, -0.1) is 0 Å². The summed E-state index contributed by atoms with van der Waals surface area (Å²) in [6, 6.07) is -2.65. The molecule has 0 aromatic rings. The Morgan fingerprint density at radius 2 is 1.84 bits per heavy atom. The quantitative estimate of drug-likeness (QED) is 0.0809. The van der Waals surface area contributed by atoms with E-state index < -0.39 is 41.8 Å². The van der Waals surface area contributed by atoms with Crippen LogP contribution in [-0.2, 0) is 19.2 Å². The molecule has 1 aliphatic rings. The van der Waals surface area contributed by atoms with Gasteiger partial charge in [0.05, 0.1) is 12.6 Å². The van der Waals surface area contributed by atoms with Crippen molar-refractivity contribution < 1.29 is 24.3 Å². The molecule has 0 saturated carbocycles. The van der Waals surface area contributed by atoms with Crippen molar-refractivity contribution in [3.05, 3.63) is 0 Å². The van der Waals surface area contributed by atoms with Crippen molar-refractivity contribution in [2.24, 2.45) is 27.9 Å². The first-order valence-corrected chi connectivity index (χ1v) is 10.8. The highest BCUT2D eigenvalue weighted by Crippen LogP contribution is 2.18. The van der Waals surface area contributed by atoms with Crippen LogP contribution >= 0.6 is 0 Å². The summed E-state index contributed by atoms with van der Waals surface area (Å²) in [5.41, 5.74) is 21.7. The van der Waals surface area contributed by atoms with Crippen LogP contribution in [0.3, 0.4) is 0 Å². The van der Waals surface area contributed by atoms with Gasteiger partial charge in [-0.05, 0) is 45.1 Å². The number of nitrogens with two attached hydrogens (primary N) is 4. The van der Waals surface area contributed by atoms with E-state index >= 15 is 0 Å². The lowest BCUT2D eigenvalue weighted by Crippen LogP contribution is -2.53. The molecule has 1 saturated heterocycles. The Kier molecular flexibility index (Phi) is 12.0. The van der Waals surface area contributed by atoms with E-state index in [9.17, 15) is 24.3 Å². The maximum atomic E-state index is 12.7. The average molecular weight is 457 g/mol. The second-order valence-corrected chi connectivity index (χ2v) is 7.70. The number of nitrogens with zero attached hydrogens (tertiary/aromatic N) is 2. The SMILES string of the molecule is NCCCC[C@H](N)C(=O)NCC(=O)N1CCC[C@H]1C(=O)N[C@@H](CCCN=C(N)N)C(=O)O. The fraction of sp³-hybridized carbons (Fsp3) is 0.737. The second kappa shape index (κ2) is 14.2. The zero-order chi connectivity index (χ0) is 24.1. The number of amides is 3. The molecule has 0 unspecified atom stereocenters. The van der Waals surface area contributed by atoms with Crippen LogP contribution in [-0.4, -0.2) is 84.0 Å². The molecule has 0 aromatic carbocycles. The van der Waals surface area contributed by atoms with Crippen molar-refractivity contribution in [2.45, 2.75) is 63.1 Å². The minimum Gasteiger partial charge on any atom is -0.480 e. The summed E-state index contributed by atoms with van der Waals surface area (Å²) in [5, 5.41) is 14.4. The zero-order valence-electron chi connectivity index (χ0n) is 18.3. The van der Waals surface area contributed by atoms with Gasteiger partial charge in [0.25, 0.3) is 0 Å². The van der Waals surface area contributed by atoms with E-state index in [-0.39, 0.29) is 25.5 Å². The third kappa shape index (κ3) is 9.47. The van der Waals surface area contributed by atoms with Crippen molar-refractivity contribution in [2.75, 3.05) is 26.2 Å². The maximum Gasteiger partial charge on any atom is 0.326 e. The normalized spacial score (nSPS) is 17.3. The van der Waals surface area contributed by atoms with Crippen molar-refractivity contribution in [3.63, 3.8) is 0 Å². The molecule has 1 rings (SSSR count). The summed E-state index contributed by atoms with van der Waals surface area (Å²) < 4.78 is 0. The van der Waals surface area contributed by atoms with Gasteiger partial charge in [-0.3, -0.25) is 19.4 Å². The first-order valence-electron chi connectivity index (χ1n) is 10.8. The number of carboxylic acids is 1. The van der Waals surface area contributed by atoms with E-state index in [0.29, 0.717) is 45.2 Å². The maximum absolute atomic E-state index is 12.7.